The fourth-order valence-electron chi connectivity index (χ4n) is 1.94. The molecule has 0 atom stereocenters. The molecule has 4 aromatic rings. The van der Waals surface area contributed by atoms with Gasteiger partial charge in [0, 0.05) is 0 Å². The van der Waals surface area contributed by atoms with Gasteiger partial charge in [0.2, 0.25) is 0 Å². The van der Waals surface area contributed by atoms with Gasteiger partial charge in [-0.2, -0.15) is 25.2 Å². The Morgan fingerprint density at radius 3 is 2.03 bits per heavy atom. The summed E-state index contributed by atoms with van der Waals surface area (Å²) in [6.45, 7) is 0. The van der Waals surface area contributed by atoms with Crippen LogP contribution in [0.2, 0.25) is 15.5 Å². The van der Waals surface area contributed by atoms with E-state index < -0.39 is 11.6 Å². The Labute approximate surface area is 178 Å². The molecule has 4 rings (SSSR count). The van der Waals surface area contributed by atoms with Crippen LogP contribution in [0.3, 0.4) is 0 Å². The Balaban J connectivity index is 0.000000272. The van der Waals surface area contributed by atoms with E-state index in [0.717, 1.165) is 10.7 Å². The fraction of sp³-hybridized carbons (Fsp3) is 0.125. The van der Waals surface area contributed by atoms with Gasteiger partial charge in [-0.15, -0.1) is 0 Å². The molecule has 0 spiro atoms. The van der Waals surface area contributed by atoms with Gasteiger partial charge in [-0.1, -0.05) is 49.7 Å². The molecule has 0 aromatic carbocycles. The number of hydrogen-bond donors (Lipinski definition) is 0. The Bertz CT molecular complexity index is 1270. The summed E-state index contributed by atoms with van der Waals surface area (Å²) in [5.41, 5.74) is 0.855. The molecule has 0 N–H and O–H groups in total. The summed E-state index contributed by atoms with van der Waals surface area (Å²) in [4.78, 5) is 7.33. The van der Waals surface area contributed by atoms with Crippen molar-refractivity contribution in [2.45, 2.75) is 14.9 Å². The van der Waals surface area contributed by atoms with Gasteiger partial charge in [-0.25, -0.2) is 23.3 Å². The van der Waals surface area contributed by atoms with Crippen LogP contribution in [0.4, 0.5) is 8.78 Å². The van der Waals surface area contributed by atoms with Gasteiger partial charge in [0.05, 0.1) is 18.6 Å². The SMILES string of the molecule is C.C.N#Cc1cnn2c(Cl)c(F)c(Cl)nc12.N#Cc1cnn2cc(F)c(Cl)nc12. The van der Waals surface area contributed by atoms with E-state index in [2.05, 4.69) is 20.2 Å². The number of aromatic nitrogens is 6. The van der Waals surface area contributed by atoms with E-state index in [4.69, 9.17) is 45.3 Å². The monoisotopic (exact) mass is 458 g/mol. The molecule has 0 amide bonds. The Hall–Kier alpha value is -3.05. The van der Waals surface area contributed by atoms with Crippen LogP contribution in [-0.2, 0) is 0 Å². The lowest BCUT2D eigenvalue weighted by molar-refractivity contribution is 0.607. The molecular formula is C16H11Cl3F2N8. The van der Waals surface area contributed by atoms with Crippen LogP contribution in [0.25, 0.3) is 11.3 Å². The Morgan fingerprint density at radius 2 is 1.41 bits per heavy atom. The summed E-state index contributed by atoms with van der Waals surface area (Å²) < 4.78 is 28.1. The molecule has 0 radical (unpaired) electrons. The van der Waals surface area contributed by atoms with Crippen molar-refractivity contribution in [1.29, 1.82) is 10.5 Å². The molecule has 0 aliphatic carbocycles. The molecule has 0 fully saturated rings. The van der Waals surface area contributed by atoms with Gasteiger partial charge in [-0.05, 0) is 0 Å². The zero-order chi connectivity index (χ0) is 19.7. The fourth-order valence-corrected chi connectivity index (χ4v) is 2.50. The maximum Gasteiger partial charge on any atom is 0.197 e. The Morgan fingerprint density at radius 1 is 0.862 bits per heavy atom. The third-order valence-electron chi connectivity index (χ3n) is 3.14. The molecule has 4 heterocycles. The summed E-state index contributed by atoms with van der Waals surface area (Å²) >= 11 is 16.5. The molecule has 0 saturated heterocycles. The van der Waals surface area contributed by atoms with Crippen molar-refractivity contribution in [3.05, 3.63) is 56.8 Å². The summed E-state index contributed by atoms with van der Waals surface area (Å²) in [6, 6.07) is 3.71. The third-order valence-corrected chi connectivity index (χ3v) is 3.98. The average Bonchev–Trinajstić information content (AvgIpc) is 3.24. The van der Waals surface area contributed by atoms with Crippen LogP contribution in [0.1, 0.15) is 26.0 Å². The molecule has 4 aromatic heterocycles. The minimum Gasteiger partial charge on any atom is -0.218 e. The van der Waals surface area contributed by atoms with Gasteiger partial charge >= 0.3 is 0 Å². The van der Waals surface area contributed by atoms with Crippen LogP contribution in [0.15, 0.2) is 18.6 Å². The minimum absolute atomic E-state index is 0. The van der Waals surface area contributed by atoms with E-state index >= 15 is 0 Å². The molecule has 0 saturated carbocycles. The molecule has 8 nitrogen and oxygen atoms in total. The largest absolute Gasteiger partial charge is 0.218 e. The second-order valence-electron chi connectivity index (χ2n) is 4.73. The lowest BCUT2D eigenvalue weighted by Crippen LogP contribution is -1.97. The van der Waals surface area contributed by atoms with Crippen LogP contribution < -0.4 is 0 Å². The van der Waals surface area contributed by atoms with Crippen molar-refractivity contribution in [1.82, 2.24) is 29.2 Å². The van der Waals surface area contributed by atoms with Crippen molar-refractivity contribution < 1.29 is 8.78 Å². The van der Waals surface area contributed by atoms with Gasteiger partial charge in [0.25, 0.3) is 0 Å². The number of nitrogens with zero attached hydrogens (tertiary/aromatic N) is 8. The van der Waals surface area contributed by atoms with Crippen molar-refractivity contribution in [2.24, 2.45) is 0 Å². The zero-order valence-corrected chi connectivity index (χ0v) is 15.0. The summed E-state index contributed by atoms with van der Waals surface area (Å²) in [6.07, 6.45) is 3.62. The zero-order valence-electron chi connectivity index (χ0n) is 12.7. The standard InChI is InChI=1S/C7HCl2FN4.C7H2ClFN4.2CH4/c8-5-4(10)6(9)14-7(13-5)3(1-11)2-12-14;8-6-5(9)3-13-7(12-6)4(1-10)2-11-13;;/h2H;2-3H;2*1H4. The minimum atomic E-state index is -0.853. The van der Waals surface area contributed by atoms with Gasteiger partial charge in [0.1, 0.15) is 23.3 Å². The highest BCUT2D eigenvalue weighted by Gasteiger charge is 2.15. The Kier molecular flexibility index (Phi) is 7.80. The van der Waals surface area contributed by atoms with Crippen LogP contribution in [0.5, 0.6) is 0 Å². The lowest BCUT2D eigenvalue weighted by Gasteiger charge is -1.99. The maximum atomic E-state index is 13.1. The molecule has 0 aliphatic heterocycles. The molecular weight excluding hydrogens is 449 g/mol. The lowest BCUT2D eigenvalue weighted by atomic mass is 10.4. The van der Waals surface area contributed by atoms with Gasteiger partial charge in [-0.3, -0.25) is 0 Å². The van der Waals surface area contributed by atoms with E-state index in [1.807, 2.05) is 12.1 Å². The third kappa shape index (κ3) is 4.35. The highest BCUT2D eigenvalue weighted by Crippen LogP contribution is 2.23. The van der Waals surface area contributed by atoms with Crippen molar-refractivity contribution in [3.63, 3.8) is 0 Å². The normalized spacial score (nSPS) is 9.62. The smallest absolute Gasteiger partial charge is 0.197 e. The first-order valence-corrected chi connectivity index (χ1v) is 7.88. The first-order chi connectivity index (χ1) is 12.9. The van der Waals surface area contributed by atoms with E-state index in [0.29, 0.717) is 0 Å². The predicted molar refractivity (Wildman–Crippen MR) is 104 cm³/mol. The van der Waals surface area contributed by atoms with E-state index in [1.165, 1.54) is 16.9 Å². The molecule has 29 heavy (non-hydrogen) atoms. The molecule has 0 unspecified atom stereocenters. The van der Waals surface area contributed by atoms with Crippen LogP contribution in [-0.4, -0.2) is 29.2 Å². The van der Waals surface area contributed by atoms with Crippen molar-refractivity contribution in [2.75, 3.05) is 0 Å². The topological polar surface area (TPSA) is 108 Å². The number of nitriles is 2. The number of hydrogen-bond acceptors (Lipinski definition) is 6. The molecule has 150 valence electrons. The molecule has 0 bridgehead atoms. The number of halogens is 5. The van der Waals surface area contributed by atoms with Crippen molar-refractivity contribution >= 4 is 46.1 Å². The second-order valence-corrected chi connectivity index (χ2v) is 5.80. The summed E-state index contributed by atoms with van der Waals surface area (Å²) in [5, 5.41) is 23.7. The van der Waals surface area contributed by atoms with E-state index in [9.17, 15) is 8.78 Å². The molecule has 0 aliphatic rings. The maximum absolute atomic E-state index is 13.1. The average molecular weight is 460 g/mol. The second kappa shape index (κ2) is 9.43. The predicted octanol–water partition coefficient (Wildman–Crippen LogP) is 4.71. The summed E-state index contributed by atoms with van der Waals surface area (Å²) in [7, 11) is 0. The van der Waals surface area contributed by atoms with Crippen LogP contribution >= 0.6 is 34.8 Å². The van der Waals surface area contributed by atoms with Gasteiger partial charge < -0.3 is 0 Å². The summed E-state index contributed by atoms with van der Waals surface area (Å²) in [5.74, 6) is -1.52. The first-order valence-electron chi connectivity index (χ1n) is 6.75. The highest BCUT2D eigenvalue weighted by atomic mass is 35.5. The van der Waals surface area contributed by atoms with Gasteiger partial charge in [0.15, 0.2) is 38.4 Å². The quantitative estimate of drug-likeness (QED) is 0.352. The number of fused-ring (bicyclic) bond motifs is 2. The van der Waals surface area contributed by atoms with Crippen LogP contribution in [0, 0.1) is 34.3 Å². The number of rotatable bonds is 0. The first kappa shape index (κ1) is 24.0. The van der Waals surface area contributed by atoms with Crippen molar-refractivity contribution in [3.8, 4) is 12.1 Å². The highest BCUT2D eigenvalue weighted by molar-refractivity contribution is 6.33. The van der Waals surface area contributed by atoms with E-state index in [1.54, 1.807) is 0 Å². The molecule has 13 heteroatoms. The van der Waals surface area contributed by atoms with E-state index in [-0.39, 0.29) is 52.7 Å².